The first-order valence-electron chi connectivity index (χ1n) is 8.89. The Morgan fingerprint density at radius 3 is 2.59 bits per heavy atom. The van der Waals surface area contributed by atoms with Crippen LogP contribution in [-0.4, -0.2) is 22.6 Å². The predicted molar refractivity (Wildman–Crippen MR) is 106 cm³/mol. The van der Waals surface area contributed by atoms with E-state index in [4.69, 9.17) is 0 Å². The first-order valence-corrected chi connectivity index (χ1v) is 8.89. The minimum Gasteiger partial charge on any atom is -0.352 e. The van der Waals surface area contributed by atoms with E-state index in [9.17, 15) is 4.39 Å². The molecule has 0 amide bonds. The quantitative estimate of drug-likeness (QED) is 0.521. The van der Waals surface area contributed by atoms with Gasteiger partial charge in [-0.05, 0) is 29.7 Å². The number of nitrogens with one attached hydrogen (secondary N) is 2. The number of guanidine groups is 1. The minimum absolute atomic E-state index is 0.194. The Morgan fingerprint density at radius 1 is 1.07 bits per heavy atom. The molecule has 0 bridgehead atoms. The Kier molecular flexibility index (Phi) is 6.20. The molecule has 0 aliphatic heterocycles. The largest absolute Gasteiger partial charge is 0.352 e. The van der Waals surface area contributed by atoms with Crippen molar-refractivity contribution in [1.29, 1.82) is 0 Å². The van der Waals surface area contributed by atoms with Gasteiger partial charge in [0.15, 0.2) is 5.96 Å². The van der Waals surface area contributed by atoms with Gasteiger partial charge in [0, 0.05) is 32.5 Å². The van der Waals surface area contributed by atoms with Gasteiger partial charge in [0.1, 0.15) is 11.6 Å². The van der Waals surface area contributed by atoms with Gasteiger partial charge in [0.05, 0.1) is 6.54 Å². The van der Waals surface area contributed by atoms with Crippen LogP contribution in [0.4, 0.5) is 4.39 Å². The summed E-state index contributed by atoms with van der Waals surface area (Å²) in [5.74, 6) is 1.37. The van der Waals surface area contributed by atoms with Gasteiger partial charge < -0.3 is 15.2 Å². The molecule has 2 N–H and O–H groups in total. The molecule has 0 saturated carbocycles. The number of aliphatic imine (C=N–C) groups is 1. The van der Waals surface area contributed by atoms with Gasteiger partial charge in [-0.3, -0.25) is 4.99 Å². The fourth-order valence-corrected chi connectivity index (χ4v) is 2.75. The normalized spacial score (nSPS) is 11.4. The smallest absolute Gasteiger partial charge is 0.191 e. The topological polar surface area (TPSA) is 54.2 Å². The Labute approximate surface area is 159 Å². The molecule has 1 aromatic heterocycles. The number of aryl methyl sites for hydroxylation is 1. The van der Waals surface area contributed by atoms with E-state index in [-0.39, 0.29) is 5.82 Å². The summed E-state index contributed by atoms with van der Waals surface area (Å²) >= 11 is 0. The summed E-state index contributed by atoms with van der Waals surface area (Å²) in [6, 6.07) is 15.5. The standard InChI is InChI=1S/C21H24FN5/c1-16-8-9-18(12-19(16)22)13-25-21(23-2)26-14-20-24-10-11-27(20)15-17-6-4-3-5-7-17/h3-12H,13-15H2,1-2H3,(H2,23,25,26). The van der Waals surface area contributed by atoms with Gasteiger partial charge in [0.25, 0.3) is 0 Å². The monoisotopic (exact) mass is 365 g/mol. The second-order valence-corrected chi connectivity index (χ2v) is 6.32. The number of hydrogen-bond donors (Lipinski definition) is 2. The zero-order chi connectivity index (χ0) is 19.1. The van der Waals surface area contributed by atoms with Gasteiger partial charge in [-0.15, -0.1) is 0 Å². The molecule has 0 aliphatic rings. The summed E-state index contributed by atoms with van der Waals surface area (Å²) in [5, 5.41) is 6.46. The number of imidazole rings is 1. The van der Waals surface area contributed by atoms with Crippen LogP contribution in [0.5, 0.6) is 0 Å². The highest BCUT2D eigenvalue weighted by Crippen LogP contribution is 2.09. The number of aromatic nitrogens is 2. The predicted octanol–water partition coefficient (Wildman–Crippen LogP) is 3.24. The van der Waals surface area contributed by atoms with Crippen LogP contribution in [0.1, 0.15) is 22.5 Å². The van der Waals surface area contributed by atoms with Crippen molar-refractivity contribution in [3.05, 3.63) is 89.3 Å². The number of halogens is 1. The van der Waals surface area contributed by atoms with Crippen LogP contribution in [0.3, 0.4) is 0 Å². The lowest BCUT2D eigenvalue weighted by molar-refractivity contribution is 0.615. The Hall–Kier alpha value is -3.15. The summed E-state index contributed by atoms with van der Waals surface area (Å²) in [4.78, 5) is 8.65. The van der Waals surface area contributed by atoms with Gasteiger partial charge in [-0.2, -0.15) is 0 Å². The van der Waals surface area contributed by atoms with Crippen molar-refractivity contribution in [3.63, 3.8) is 0 Å². The fourth-order valence-electron chi connectivity index (χ4n) is 2.75. The molecule has 0 unspecified atom stereocenters. The van der Waals surface area contributed by atoms with Gasteiger partial charge in [0.2, 0.25) is 0 Å². The van der Waals surface area contributed by atoms with E-state index in [1.54, 1.807) is 32.3 Å². The molecular formula is C21H24FN5. The average Bonchev–Trinajstić information content (AvgIpc) is 3.12. The van der Waals surface area contributed by atoms with E-state index in [0.717, 1.165) is 17.9 Å². The summed E-state index contributed by atoms with van der Waals surface area (Å²) in [6.07, 6.45) is 3.76. The first kappa shape index (κ1) is 18.6. The summed E-state index contributed by atoms with van der Waals surface area (Å²) in [7, 11) is 1.71. The second kappa shape index (κ2) is 8.98. The number of nitrogens with zero attached hydrogens (tertiary/aromatic N) is 3. The molecule has 140 valence electrons. The maximum Gasteiger partial charge on any atom is 0.191 e. The summed E-state index contributed by atoms with van der Waals surface area (Å²) in [6.45, 7) is 3.56. The molecule has 1 heterocycles. The van der Waals surface area contributed by atoms with E-state index < -0.39 is 0 Å². The SMILES string of the molecule is CN=C(NCc1ccc(C)c(F)c1)NCc1nccn1Cc1ccccc1. The molecule has 2 aromatic carbocycles. The van der Waals surface area contributed by atoms with Gasteiger partial charge >= 0.3 is 0 Å². The summed E-state index contributed by atoms with van der Waals surface area (Å²) < 4.78 is 15.8. The third kappa shape index (κ3) is 5.17. The van der Waals surface area contributed by atoms with Crippen molar-refractivity contribution in [2.24, 2.45) is 4.99 Å². The zero-order valence-electron chi connectivity index (χ0n) is 15.6. The van der Waals surface area contributed by atoms with Crippen molar-refractivity contribution >= 4 is 5.96 Å². The van der Waals surface area contributed by atoms with Crippen molar-refractivity contribution in [1.82, 2.24) is 20.2 Å². The average molecular weight is 365 g/mol. The van der Waals surface area contributed by atoms with Crippen LogP contribution in [0.15, 0.2) is 65.9 Å². The molecule has 0 spiro atoms. The van der Waals surface area contributed by atoms with Crippen LogP contribution in [0.25, 0.3) is 0 Å². The molecule has 0 aliphatic carbocycles. The minimum atomic E-state index is -0.194. The lowest BCUT2D eigenvalue weighted by Crippen LogP contribution is -2.37. The molecule has 0 radical (unpaired) electrons. The van der Waals surface area contributed by atoms with Crippen molar-refractivity contribution < 1.29 is 4.39 Å². The van der Waals surface area contributed by atoms with Gasteiger partial charge in [-0.1, -0.05) is 42.5 Å². The molecule has 27 heavy (non-hydrogen) atoms. The summed E-state index contributed by atoms with van der Waals surface area (Å²) in [5.41, 5.74) is 2.73. The highest BCUT2D eigenvalue weighted by molar-refractivity contribution is 5.79. The third-order valence-electron chi connectivity index (χ3n) is 4.33. The lowest BCUT2D eigenvalue weighted by atomic mass is 10.1. The third-order valence-corrected chi connectivity index (χ3v) is 4.33. The maximum absolute atomic E-state index is 13.7. The molecule has 6 heteroatoms. The lowest BCUT2D eigenvalue weighted by Gasteiger charge is -2.13. The van der Waals surface area contributed by atoms with Crippen LogP contribution in [0, 0.1) is 12.7 Å². The van der Waals surface area contributed by atoms with Crippen molar-refractivity contribution in [3.8, 4) is 0 Å². The highest BCUT2D eigenvalue weighted by Gasteiger charge is 2.06. The van der Waals surface area contributed by atoms with Gasteiger partial charge in [-0.25, -0.2) is 9.37 Å². The Balaban J connectivity index is 1.55. The fraction of sp³-hybridized carbons (Fsp3) is 0.238. The molecular weight excluding hydrogens is 341 g/mol. The molecule has 5 nitrogen and oxygen atoms in total. The van der Waals surface area contributed by atoms with Crippen LogP contribution in [-0.2, 0) is 19.6 Å². The van der Waals surface area contributed by atoms with Crippen LogP contribution >= 0.6 is 0 Å². The van der Waals surface area contributed by atoms with Crippen molar-refractivity contribution in [2.45, 2.75) is 26.6 Å². The van der Waals surface area contributed by atoms with E-state index in [1.165, 1.54) is 5.56 Å². The number of rotatable bonds is 6. The first-order chi connectivity index (χ1) is 13.2. The van der Waals surface area contributed by atoms with E-state index in [0.29, 0.717) is 24.6 Å². The molecule has 3 aromatic rings. The Morgan fingerprint density at radius 2 is 1.85 bits per heavy atom. The molecule has 0 fully saturated rings. The zero-order valence-corrected chi connectivity index (χ0v) is 15.6. The number of hydrogen-bond acceptors (Lipinski definition) is 2. The van der Waals surface area contributed by atoms with E-state index in [2.05, 4.69) is 37.3 Å². The van der Waals surface area contributed by atoms with Crippen molar-refractivity contribution in [2.75, 3.05) is 7.05 Å². The second-order valence-electron chi connectivity index (χ2n) is 6.32. The molecule has 3 rings (SSSR count). The van der Waals surface area contributed by atoms with E-state index in [1.807, 2.05) is 30.5 Å². The highest BCUT2D eigenvalue weighted by atomic mass is 19.1. The number of benzene rings is 2. The van der Waals surface area contributed by atoms with Crippen LogP contribution < -0.4 is 10.6 Å². The molecule has 0 saturated heterocycles. The Bertz CT molecular complexity index is 902. The molecule has 0 atom stereocenters. The van der Waals surface area contributed by atoms with Crippen LogP contribution in [0.2, 0.25) is 0 Å². The van der Waals surface area contributed by atoms with E-state index >= 15 is 0 Å². The maximum atomic E-state index is 13.7.